The number of rotatable bonds is 8. The highest BCUT2D eigenvalue weighted by Gasteiger charge is 2.07. The van der Waals surface area contributed by atoms with Gasteiger partial charge in [0, 0.05) is 46.4 Å². The van der Waals surface area contributed by atoms with Crippen molar-refractivity contribution < 1.29 is 4.79 Å². The maximum absolute atomic E-state index is 12.1. The molecule has 0 atom stereocenters. The fraction of sp³-hybridized carbons (Fsp3) is 0.143. The van der Waals surface area contributed by atoms with Gasteiger partial charge in [0.05, 0.1) is 11.3 Å². The van der Waals surface area contributed by atoms with Gasteiger partial charge in [-0.25, -0.2) is 4.98 Å². The third kappa shape index (κ3) is 6.16. The topological polar surface area (TPSA) is 46.9 Å². The van der Waals surface area contributed by atoms with Gasteiger partial charge in [0.1, 0.15) is 0 Å². The Hall–Kier alpha value is -2.21. The van der Waals surface area contributed by atoms with Crippen molar-refractivity contribution in [2.24, 2.45) is 0 Å². The lowest BCUT2D eigenvalue weighted by Gasteiger charge is -2.08. The molecular weight excluding hydrogens is 413 g/mol. The number of amides is 1. The number of hydrogen-bond acceptors (Lipinski definition) is 3. The molecule has 7 heteroatoms. The highest BCUT2D eigenvalue weighted by Crippen LogP contribution is 2.36. The van der Waals surface area contributed by atoms with Crippen LogP contribution in [-0.4, -0.2) is 22.0 Å². The Morgan fingerprint density at radius 2 is 2.04 bits per heavy atom. The predicted octanol–water partition coefficient (Wildman–Crippen LogP) is 5.56. The van der Waals surface area contributed by atoms with Gasteiger partial charge in [-0.3, -0.25) is 4.79 Å². The molecule has 3 aromatic rings. The molecule has 0 saturated heterocycles. The van der Waals surface area contributed by atoms with Gasteiger partial charge in [-0.1, -0.05) is 53.2 Å². The van der Waals surface area contributed by atoms with E-state index in [1.807, 2.05) is 53.2 Å². The van der Waals surface area contributed by atoms with Crippen LogP contribution in [0.4, 0.5) is 0 Å². The first-order chi connectivity index (χ1) is 13.6. The molecule has 0 bridgehead atoms. The average molecular weight is 432 g/mol. The van der Waals surface area contributed by atoms with Crippen LogP contribution < -0.4 is 5.32 Å². The lowest BCUT2D eigenvalue weighted by atomic mass is 10.2. The summed E-state index contributed by atoms with van der Waals surface area (Å²) in [4.78, 5) is 18.0. The van der Waals surface area contributed by atoms with Gasteiger partial charge in [-0.05, 0) is 42.3 Å². The quantitative estimate of drug-likeness (QED) is 0.375. The largest absolute Gasteiger partial charge is 0.352 e. The van der Waals surface area contributed by atoms with Crippen molar-refractivity contribution in [3.63, 3.8) is 0 Å². The number of hydrogen-bond donors (Lipinski definition) is 1. The number of imidazole rings is 1. The van der Waals surface area contributed by atoms with E-state index in [1.54, 1.807) is 24.7 Å². The molecule has 144 valence electrons. The molecule has 28 heavy (non-hydrogen) atoms. The van der Waals surface area contributed by atoms with Crippen molar-refractivity contribution in [2.45, 2.75) is 22.8 Å². The molecule has 0 aliphatic rings. The van der Waals surface area contributed by atoms with Gasteiger partial charge in [0.15, 0.2) is 0 Å². The first-order valence-electron chi connectivity index (χ1n) is 8.75. The van der Waals surface area contributed by atoms with Gasteiger partial charge < -0.3 is 9.88 Å². The Kier molecular flexibility index (Phi) is 7.60. The van der Waals surface area contributed by atoms with Crippen LogP contribution in [0.25, 0.3) is 6.08 Å². The van der Waals surface area contributed by atoms with Crippen LogP contribution in [0.5, 0.6) is 0 Å². The highest BCUT2D eigenvalue weighted by atomic mass is 35.5. The van der Waals surface area contributed by atoms with E-state index in [2.05, 4.69) is 10.3 Å². The second-order valence-corrected chi connectivity index (χ2v) is 7.92. The van der Waals surface area contributed by atoms with E-state index in [-0.39, 0.29) is 5.91 Å². The van der Waals surface area contributed by atoms with Crippen molar-refractivity contribution in [1.29, 1.82) is 0 Å². The summed E-state index contributed by atoms with van der Waals surface area (Å²) in [6.45, 7) is 1.43. The number of nitrogens with one attached hydrogen (secondary N) is 1. The molecular formula is C21H19Cl2N3OS. The minimum absolute atomic E-state index is 0.116. The maximum atomic E-state index is 12.1. The number of aromatic nitrogens is 2. The van der Waals surface area contributed by atoms with E-state index >= 15 is 0 Å². The third-order valence-corrected chi connectivity index (χ3v) is 5.73. The van der Waals surface area contributed by atoms with Crippen LogP contribution in [0.3, 0.4) is 0 Å². The highest BCUT2D eigenvalue weighted by molar-refractivity contribution is 7.99. The summed E-state index contributed by atoms with van der Waals surface area (Å²) >= 11 is 13.8. The van der Waals surface area contributed by atoms with Gasteiger partial charge in [-0.15, -0.1) is 0 Å². The number of halogens is 2. The van der Waals surface area contributed by atoms with Crippen LogP contribution in [0, 0.1) is 0 Å². The molecule has 1 N–H and O–H groups in total. The molecule has 0 unspecified atom stereocenters. The Balaban J connectivity index is 1.56. The van der Waals surface area contributed by atoms with Gasteiger partial charge in [0.25, 0.3) is 0 Å². The van der Waals surface area contributed by atoms with Crippen molar-refractivity contribution in [3.05, 3.63) is 82.9 Å². The minimum atomic E-state index is -0.116. The van der Waals surface area contributed by atoms with Crippen molar-refractivity contribution in [3.8, 4) is 0 Å². The third-order valence-electron chi connectivity index (χ3n) is 3.90. The van der Waals surface area contributed by atoms with E-state index in [9.17, 15) is 4.79 Å². The lowest BCUT2D eigenvalue weighted by molar-refractivity contribution is -0.116. The summed E-state index contributed by atoms with van der Waals surface area (Å²) in [5, 5.41) is 4.11. The maximum Gasteiger partial charge on any atom is 0.244 e. The van der Waals surface area contributed by atoms with Gasteiger partial charge >= 0.3 is 0 Å². The first-order valence-corrected chi connectivity index (χ1v) is 10.3. The number of benzene rings is 2. The first kappa shape index (κ1) is 20.5. The monoisotopic (exact) mass is 431 g/mol. The fourth-order valence-corrected chi connectivity index (χ4v) is 3.96. The Morgan fingerprint density at radius 3 is 2.82 bits per heavy atom. The molecule has 0 saturated carbocycles. The lowest BCUT2D eigenvalue weighted by Crippen LogP contribution is -2.22. The molecule has 4 nitrogen and oxygen atoms in total. The molecule has 0 aliphatic heterocycles. The van der Waals surface area contributed by atoms with Crippen LogP contribution in [-0.2, 0) is 11.3 Å². The number of nitrogens with zero attached hydrogens (tertiary/aromatic N) is 2. The van der Waals surface area contributed by atoms with Gasteiger partial charge in [0.2, 0.25) is 5.91 Å². The van der Waals surface area contributed by atoms with Crippen molar-refractivity contribution in [2.75, 3.05) is 6.54 Å². The molecule has 1 heterocycles. The zero-order valence-electron chi connectivity index (χ0n) is 15.0. The molecule has 0 spiro atoms. The second kappa shape index (κ2) is 10.4. The molecule has 2 aromatic carbocycles. The summed E-state index contributed by atoms with van der Waals surface area (Å²) in [6, 6.07) is 13.3. The zero-order valence-corrected chi connectivity index (χ0v) is 17.3. The minimum Gasteiger partial charge on any atom is -0.352 e. The van der Waals surface area contributed by atoms with Crippen molar-refractivity contribution >= 4 is 46.9 Å². The summed E-state index contributed by atoms with van der Waals surface area (Å²) in [7, 11) is 0. The fourth-order valence-electron chi connectivity index (χ4n) is 2.50. The normalized spacial score (nSPS) is 11.1. The van der Waals surface area contributed by atoms with E-state index in [0.29, 0.717) is 16.6 Å². The number of carbonyl (C=O) groups excluding carboxylic acids is 1. The Bertz CT molecular complexity index is 958. The van der Waals surface area contributed by atoms with Gasteiger partial charge in [-0.2, -0.15) is 0 Å². The Morgan fingerprint density at radius 1 is 1.18 bits per heavy atom. The summed E-state index contributed by atoms with van der Waals surface area (Å²) in [6.07, 6.45) is 9.63. The van der Waals surface area contributed by atoms with Crippen LogP contribution >= 0.6 is 35.0 Å². The standard InChI is InChI=1S/C21H19Cl2N3OS/c22-17-7-8-20(18(23)14-17)28-19-5-2-1-4-16(19)6-9-21(27)25-10-3-12-26-13-11-24-15-26/h1-2,4-9,11,13-15H,3,10,12H2,(H,25,27)/b9-6+. The Labute approximate surface area is 178 Å². The zero-order chi connectivity index (χ0) is 19.8. The average Bonchev–Trinajstić information content (AvgIpc) is 3.20. The predicted molar refractivity (Wildman–Crippen MR) is 116 cm³/mol. The molecule has 1 aromatic heterocycles. The molecule has 0 aliphatic carbocycles. The second-order valence-electron chi connectivity index (χ2n) is 5.99. The SMILES string of the molecule is O=C(/C=C/c1ccccc1Sc1ccc(Cl)cc1Cl)NCCCn1ccnc1. The summed E-state index contributed by atoms with van der Waals surface area (Å²) in [5.74, 6) is -0.116. The molecule has 3 rings (SSSR count). The molecule has 1 amide bonds. The molecule has 0 radical (unpaired) electrons. The van der Waals surface area contributed by atoms with Crippen molar-refractivity contribution in [1.82, 2.24) is 14.9 Å². The van der Waals surface area contributed by atoms with Crippen LogP contribution in [0.15, 0.2) is 77.1 Å². The number of aryl methyl sites for hydroxylation is 1. The smallest absolute Gasteiger partial charge is 0.244 e. The van der Waals surface area contributed by atoms with Crippen LogP contribution in [0.2, 0.25) is 10.0 Å². The van der Waals surface area contributed by atoms with Crippen LogP contribution in [0.1, 0.15) is 12.0 Å². The summed E-state index contributed by atoms with van der Waals surface area (Å²) < 4.78 is 1.98. The van der Waals surface area contributed by atoms with E-state index in [1.165, 1.54) is 11.8 Å². The summed E-state index contributed by atoms with van der Waals surface area (Å²) in [5.41, 5.74) is 0.951. The molecule has 0 fully saturated rings. The number of carbonyl (C=O) groups is 1. The van der Waals surface area contributed by atoms with E-state index in [4.69, 9.17) is 23.2 Å². The van der Waals surface area contributed by atoms with E-state index in [0.717, 1.165) is 28.3 Å². The van der Waals surface area contributed by atoms with E-state index < -0.39 is 0 Å².